The first-order valence-corrected chi connectivity index (χ1v) is 13.6. The quantitative estimate of drug-likeness (QED) is 0.400. The molecule has 0 unspecified atom stereocenters. The van der Waals surface area contributed by atoms with Gasteiger partial charge < -0.3 is 0 Å². The lowest BCUT2D eigenvalue weighted by atomic mass is 9.77. The van der Waals surface area contributed by atoms with Crippen LogP contribution in [0, 0.1) is 0 Å². The van der Waals surface area contributed by atoms with Crippen molar-refractivity contribution in [1.82, 2.24) is 0 Å². The summed E-state index contributed by atoms with van der Waals surface area (Å²) in [5, 5.41) is 0. The van der Waals surface area contributed by atoms with Gasteiger partial charge in [-0.05, 0) is 43.9 Å². The van der Waals surface area contributed by atoms with Crippen LogP contribution in [0.3, 0.4) is 0 Å². The van der Waals surface area contributed by atoms with Crippen LogP contribution in [0.25, 0.3) is 0 Å². The first kappa shape index (κ1) is 28.0. The fourth-order valence-corrected chi connectivity index (χ4v) is 5.04. The Kier molecular flexibility index (Phi) is 7.43. The highest BCUT2D eigenvalue weighted by atomic mass is 31.2. The molecule has 0 aromatic heterocycles. The zero-order valence-electron chi connectivity index (χ0n) is 22.8. The second kappa shape index (κ2) is 8.76. The minimum Gasteiger partial charge on any atom is -0.192 e. The molecule has 2 rings (SSSR count). The largest absolute Gasteiger partial charge is 0.416 e. The SMILES string of the molecule is CC(C)(C)c1cc(C(c2cc(C(C)(C)C)cc(C(C)(C)C)c2)[P+](O)(O)O)cc(C(C)(C)C)c1. The summed E-state index contributed by atoms with van der Waals surface area (Å²) in [5.41, 5.74) is 4.59. The van der Waals surface area contributed by atoms with Gasteiger partial charge in [-0.15, -0.1) is 0 Å². The zero-order valence-corrected chi connectivity index (χ0v) is 23.7. The normalized spacial score (nSPS) is 14.2. The third-order valence-corrected chi connectivity index (χ3v) is 7.64. The van der Waals surface area contributed by atoms with Gasteiger partial charge in [0.25, 0.3) is 0 Å². The van der Waals surface area contributed by atoms with E-state index >= 15 is 0 Å². The molecule has 0 aliphatic rings. The first-order valence-electron chi connectivity index (χ1n) is 11.9. The molecule has 0 spiro atoms. The second-order valence-corrected chi connectivity index (χ2v) is 15.5. The Bertz CT molecular complexity index is 848. The molecule has 33 heavy (non-hydrogen) atoms. The van der Waals surface area contributed by atoms with Gasteiger partial charge in [0.05, 0.1) is 0 Å². The summed E-state index contributed by atoms with van der Waals surface area (Å²) in [6, 6.07) is 12.6. The smallest absolute Gasteiger partial charge is 0.192 e. The monoisotopic (exact) mass is 473 g/mol. The Hall–Kier alpha value is -1.25. The summed E-state index contributed by atoms with van der Waals surface area (Å²) in [6.07, 6.45) is 0. The maximum atomic E-state index is 10.8. The van der Waals surface area contributed by atoms with Gasteiger partial charge in [-0.2, -0.15) is 14.7 Å². The van der Waals surface area contributed by atoms with Crippen molar-refractivity contribution in [3.05, 3.63) is 69.8 Å². The van der Waals surface area contributed by atoms with Crippen molar-refractivity contribution < 1.29 is 14.7 Å². The van der Waals surface area contributed by atoms with Crippen LogP contribution in [0.5, 0.6) is 0 Å². The molecule has 4 heteroatoms. The summed E-state index contributed by atoms with van der Waals surface area (Å²) >= 11 is 0. The van der Waals surface area contributed by atoms with Crippen molar-refractivity contribution in [3.63, 3.8) is 0 Å². The molecule has 0 radical (unpaired) electrons. The van der Waals surface area contributed by atoms with Gasteiger partial charge in [-0.1, -0.05) is 119 Å². The van der Waals surface area contributed by atoms with E-state index in [1.165, 1.54) is 0 Å². The Labute approximate surface area is 202 Å². The van der Waals surface area contributed by atoms with Gasteiger partial charge in [-0.3, -0.25) is 0 Å². The third kappa shape index (κ3) is 6.89. The molecule has 0 saturated heterocycles. The van der Waals surface area contributed by atoms with E-state index in [0.29, 0.717) is 0 Å². The molecule has 2 aromatic rings. The molecular weight excluding hydrogens is 427 g/mol. The Morgan fingerprint density at radius 3 is 0.818 bits per heavy atom. The zero-order chi connectivity index (χ0) is 25.8. The average Bonchev–Trinajstić information content (AvgIpc) is 2.57. The van der Waals surface area contributed by atoms with Gasteiger partial charge in [0.15, 0.2) is 5.66 Å². The predicted octanol–water partition coefficient (Wildman–Crippen LogP) is 7.71. The van der Waals surface area contributed by atoms with Crippen molar-refractivity contribution in [1.29, 1.82) is 0 Å². The van der Waals surface area contributed by atoms with E-state index in [4.69, 9.17) is 0 Å². The lowest BCUT2D eigenvalue weighted by molar-refractivity contribution is 0.321. The first-order chi connectivity index (χ1) is 14.5. The van der Waals surface area contributed by atoms with Crippen LogP contribution in [0.1, 0.15) is 122 Å². The van der Waals surface area contributed by atoms with E-state index in [-0.39, 0.29) is 21.7 Å². The van der Waals surface area contributed by atoms with Crippen LogP contribution in [0.15, 0.2) is 36.4 Å². The van der Waals surface area contributed by atoms with E-state index in [0.717, 1.165) is 33.4 Å². The van der Waals surface area contributed by atoms with E-state index in [9.17, 15) is 14.7 Å². The standard InChI is InChI=1S/C29H46O3P/c1-26(2,3)21-13-19(14-22(17-21)27(4,5)6)25(33(30,31)32)20-15-23(28(7,8)9)18-24(16-20)29(10,11)12/h13-18,25,30-32H,1-12H3/q+1. The number of rotatable bonds is 3. The molecule has 0 fully saturated rings. The van der Waals surface area contributed by atoms with Crippen LogP contribution >= 0.6 is 7.94 Å². The summed E-state index contributed by atoms with van der Waals surface area (Å²) < 4.78 is 0. The van der Waals surface area contributed by atoms with E-state index < -0.39 is 13.6 Å². The fourth-order valence-electron chi connectivity index (χ4n) is 3.94. The van der Waals surface area contributed by atoms with Crippen LogP contribution in [-0.2, 0) is 21.7 Å². The summed E-state index contributed by atoms with van der Waals surface area (Å²) in [6.45, 7) is 25.9. The fraction of sp³-hybridized carbons (Fsp3) is 0.586. The Balaban J connectivity index is 2.93. The molecule has 0 bridgehead atoms. The van der Waals surface area contributed by atoms with Gasteiger partial charge in [0, 0.05) is 11.1 Å². The number of hydrogen-bond acceptors (Lipinski definition) is 3. The Morgan fingerprint density at radius 1 is 0.455 bits per heavy atom. The molecule has 3 nitrogen and oxygen atoms in total. The molecule has 0 aliphatic heterocycles. The molecular formula is C29H46O3P+. The van der Waals surface area contributed by atoms with Crippen molar-refractivity contribution in [3.8, 4) is 0 Å². The van der Waals surface area contributed by atoms with Crippen LogP contribution in [-0.4, -0.2) is 14.7 Å². The molecule has 184 valence electrons. The van der Waals surface area contributed by atoms with Crippen LogP contribution in [0.4, 0.5) is 0 Å². The summed E-state index contributed by atoms with van der Waals surface area (Å²) in [7, 11) is -4.26. The van der Waals surface area contributed by atoms with Gasteiger partial charge in [0.1, 0.15) is 0 Å². The van der Waals surface area contributed by atoms with Crippen molar-refractivity contribution in [2.75, 3.05) is 0 Å². The summed E-state index contributed by atoms with van der Waals surface area (Å²) in [4.78, 5) is 32.3. The average molecular weight is 474 g/mol. The summed E-state index contributed by atoms with van der Waals surface area (Å²) in [5.74, 6) is 0. The minimum absolute atomic E-state index is 0.119. The molecule has 3 N–H and O–H groups in total. The van der Waals surface area contributed by atoms with Crippen LogP contribution < -0.4 is 0 Å². The van der Waals surface area contributed by atoms with Crippen molar-refractivity contribution in [2.45, 2.75) is 110 Å². The molecule has 0 saturated carbocycles. The second-order valence-electron chi connectivity index (χ2n) is 13.7. The molecule has 0 atom stereocenters. The predicted molar refractivity (Wildman–Crippen MR) is 143 cm³/mol. The maximum Gasteiger partial charge on any atom is 0.416 e. The molecule has 0 heterocycles. The maximum absolute atomic E-state index is 10.8. The van der Waals surface area contributed by atoms with Gasteiger partial charge in [-0.25, -0.2) is 0 Å². The molecule has 2 aromatic carbocycles. The van der Waals surface area contributed by atoms with Crippen LogP contribution in [0.2, 0.25) is 0 Å². The van der Waals surface area contributed by atoms with Gasteiger partial charge in [0.2, 0.25) is 0 Å². The third-order valence-electron chi connectivity index (χ3n) is 6.35. The Morgan fingerprint density at radius 2 is 0.667 bits per heavy atom. The lowest BCUT2D eigenvalue weighted by Crippen LogP contribution is -2.20. The van der Waals surface area contributed by atoms with E-state index in [1.54, 1.807) is 0 Å². The highest BCUT2D eigenvalue weighted by Crippen LogP contribution is 2.63. The van der Waals surface area contributed by atoms with Crippen molar-refractivity contribution >= 4 is 7.94 Å². The van der Waals surface area contributed by atoms with Gasteiger partial charge >= 0.3 is 7.94 Å². The topological polar surface area (TPSA) is 60.7 Å². The van der Waals surface area contributed by atoms with E-state index in [1.807, 2.05) is 24.3 Å². The lowest BCUT2D eigenvalue weighted by Gasteiger charge is -2.30. The molecule has 0 aliphatic carbocycles. The number of benzene rings is 2. The highest BCUT2D eigenvalue weighted by molar-refractivity contribution is 7.59. The van der Waals surface area contributed by atoms with Crippen molar-refractivity contribution in [2.24, 2.45) is 0 Å². The highest BCUT2D eigenvalue weighted by Gasteiger charge is 2.46. The molecule has 0 amide bonds. The number of hydrogen-bond donors (Lipinski definition) is 3. The minimum atomic E-state index is -4.26. The van der Waals surface area contributed by atoms with E-state index in [2.05, 4.69) is 95.2 Å².